The van der Waals surface area contributed by atoms with Crippen LogP contribution < -0.4 is 9.80 Å². The number of ether oxygens (including phenoxy) is 2. The Morgan fingerprint density at radius 1 is 0.792 bits per heavy atom. The molecule has 6 heteroatoms. The molecule has 0 unspecified atom stereocenters. The number of carbonyl (C=O) groups excluding carboxylic acids is 2. The summed E-state index contributed by atoms with van der Waals surface area (Å²) in [4.78, 5) is 28.0. The van der Waals surface area contributed by atoms with E-state index < -0.39 is 23.4 Å². The lowest BCUT2D eigenvalue weighted by atomic mass is 10.1. The van der Waals surface area contributed by atoms with Gasteiger partial charge >= 0.3 is 12.2 Å². The molecule has 0 fully saturated rings. The maximum absolute atomic E-state index is 12.5. The van der Waals surface area contributed by atoms with E-state index >= 15 is 0 Å². The maximum Gasteiger partial charge on any atom is 0.414 e. The van der Waals surface area contributed by atoms with Gasteiger partial charge in [0.25, 0.3) is 0 Å². The van der Waals surface area contributed by atoms with Crippen molar-refractivity contribution in [1.82, 2.24) is 0 Å². The second-order valence-electron chi connectivity index (χ2n) is 7.75. The molecule has 1 heterocycles. The number of nitrogens with zero attached hydrogens (tertiary/aromatic N) is 2. The van der Waals surface area contributed by atoms with Crippen LogP contribution in [-0.4, -0.2) is 36.5 Å². The number of amides is 2. The predicted octanol–water partition coefficient (Wildman–Crippen LogP) is 4.18. The topological polar surface area (TPSA) is 59.1 Å². The number of fused-ring (bicyclic) bond motifs is 1. The van der Waals surface area contributed by atoms with Crippen LogP contribution in [0.3, 0.4) is 0 Å². The average Bonchev–Trinajstić information content (AvgIpc) is 2.42. The van der Waals surface area contributed by atoms with Gasteiger partial charge in [0.2, 0.25) is 0 Å². The summed E-state index contributed by atoms with van der Waals surface area (Å²) in [5, 5.41) is 0. The smallest absolute Gasteiger partial charge is 0.414 e. The van der Waals surface area contributed by atoms with Gasteiger partial charge in [0.1, 0.15) is 11.2 Å². The summed E-state index contributed by atoms with van der Waals surface area (Å²) in [6.45, 7) is 11.7. The molecule has 0 aromatic heterocycles. The van der Waals surface area contributed by atoms with Crippen LogP contribution in [0.1, 0.15) is 41.5 Å². The molecule has 1 aromatic rings. The average molecular weight is 334 g/mol. The zero-order valence-corrected chi connectivity index (χ0v) is 15.3. The first-order valence-electron chi connectivity index (χ1n) is 8.08. The van der Waals surface area contributed by atoms with Crippen LogP contribution in [-0.2, 0) is 9.47 Å². The van der Waals surface area contributed by atoms with Gasteiger partial charge in [-0.3, -0.25) is 9.80 Å². The SMILES string of the molecule is CC(C)(C)OC(=O)N1CCN(C(=O)OC(C)(C)C)c2ccccc21. The number of hydrogen-bond donors (Lipinski definition) is 0. The third-order valence-electron chi connectivity index (χ3n) is 3.24. The molecule has 24 heavy (non-hydrogen) atoms. The Morgan fingerprint density at radius 3 is 1.42 bits per heavy atom. The Kier molecular flexibility index (Phi) is 4.78. The fourth-order valence-corrected chi connectivity index (χ4v) is 2.37. The van der Waals surface area contributed by atoms with Crippen molar-refractivity contribution in [3.05, 3.63) is 24.3 Å². The van der Waals surface area contributed by atoms with Crippen LogP contribution in [0.4, 0.5) is 21.0 Å². The Balaban J connectivity index is 2.28. The third kappa shape index (κ3) is 4.40. The van der Waals surface area contributed by atoms with Crippen molar-refractivity contribution >= 4 is 23.6 Å². The highest BCUT2D eigenvalue weighted by Gasteiger charge is 2.34. The van der Waals surface area contributed by atoms with E-state index in [4.69, 9.17) is 9.47 Å². The number of benzene rings is 1. The molecule has 0 N–H and O–H groups in total. The highest BCUT2D eigenvalue weighted by Crippen LogP contribution is 2.34. The first kappa shape index (κ1) is 18.1. The lowest BCUT2D eigenvalue weighted by Gasteiger charge is -2.37. The molecule has 0 spiro atoms. The molecule has 0 saturated carbocycles. The number of anilines is 2. The van der Waals surface area contributed by atoms with Crippen molar-refractivity contribution in [2.45, 2.75) is 52.7 Å². The second-order valence-corrected chi connectivity index (χ2v) is 7.75. The molecule has 1 aromatic carbocycles. The van der Waals surface area contributed by atoms with Gasteiger partial charge in [-0.25, -0.2) is 9.59 Å². The van der Waals surface area contributed by atoms with Crippen LogP contribution in [0.25, 0.3) is 0 Å². The van der Waals surface area contributed by atoms with Crippen LogP contribution in [0.2, 0.25) is 0 Å². The van der Waals surface area contributed by atoms with Gasteiger partial charge in [0, 0.05) is 13.1 Å². The van der Waals surface area contributed by atoms with Crippen LogP contribution in [0.5, 0.6) is 0 Å². The van der Waals surface area contributed by atoms with Crippen molar-refractivity contribution in [3.8, 4) is 0 Å². The second kappa shape index (κ2) is 6.34. The van der Waals surface area contributed by atoms with Gasteiger partial charge in [0.15, 0.2) is 0 Å². The zero-order valence-electron chi connectivity index (χ0n) is 15.3. The molecule has 1 aliphatic rings. The number of rotatable bonds is 0. The minimum atomic E-state index is -0.575. The number of para-hydroxylation sites is 2. The van der Waals surface area contributed by atoms with Gasteiger partial charge in [0.05, 0.1) is 11.4 Å². The molecule has 0 bridgehead atoms. The van der Waals surface area contributed by atoms with Gasteiger partial charge in [-0.1, -0.05) is 12.1 Å². The Bertz CT molecular complexity index is 574. The van der Waals surface area contributed by atoms with E-state index in [1.54, 1.807) is 21.9 Å². The van der Waals surface area contributed by atoms with Crippen LogP contribution >= 0.6 is 0 Å². The lowest BCUT2D eigenvalue weighted by Crippen LogP contribution is -2.49. The van der Waals surface area contributed by atoms with Gasteiger partial charge in [-0.2, -0.15) is 0 Å². The third-order valence-corrected chi connectivity index (χ3v) is 3.24. The minimum Gasteiger partial charge on any atom is -0.443 e. The van der Waals surface area contributed by atoms with Crippen molar-refractivity contribution in [1.29, 1.82) is 0 Å². The molecular formula is C18H26N2O4. The molecular weight excluding hydrogens is 308 g/mol. The molecule has 0 radical (unpaired) electrons. The lowest BCUT2D eigenvalue weighted by molar-refractivity contribution is 0.0544. The molecule has 6 nitrogen and oxygen atoms in total. The highest BCUT2D eigenvalue weighted by molar-refractivity contribution is 6.00. The Hall–Kier alpha value is -2.24. The summed E-state index contributed by atoms with van der Waals surface area (Å²) in [7, 11) is 0. The summed E-state index contributed by atoms with van der Waals surface area (Å²) in [5.41, 5.74) is 0.135. The molecule has 1 aliphatic heterocycles. The highest BCUT2D eigenvalue weighted by atomic mass is 16.6. The van der Waals surface area contributed by atoms with E-state index in [-0.39, 0.29) is 0 Å². The van der Waals surface area contributed by atoms with E-state index in [1.807, 2.05) is 53.7 Å². The Labute approximate surface area is 143 Å². The Morgan fingerprint density at radius 2 is 1.12 bits per heavy atom. The van der Waals surface area contributed by atoms with Crippen molar-refractivity contribution in [2.24, 2.45) is 0 Å². The first-order chi connectivity index (χ1) is 11.0. The van der Waals surface area contributed by atoms with E-state index in [2.05, 4.69) is 0 Å². The standard InChI is InChI=1S/C18H26N2O4/c1-17(2,3)23-15(21)19-11-12-20(16(22)24-18(4,5)6)14-10-8-7-9-13(14)19/h7-10H,11-12H2,1-6H3. The van der Waals surface area contributed by atoms with E-state index in [9.17, 15) is 9.59 Å². The molecule has 0 saturated heterocycles. The maximum atomic E-state index is 12.5. The summed E-state index contributed by atoms with van der Waals surface area (Å²) in [6, 6.07) is 7.26. The van der Waals surface area contributed by atoms with Crippen molar-refractivity contribution in [3.63, 3.8) is 0 Å². The normalized spacial score (nSPS) is 14.9. The van der Waals surface area contributed by atoms with Crippen molar-refractivity contribution in [2.75, 3.05) is 22.9 Å². The quantitative estimate of drug-likeness (QED) is 0.714. The summed E-state index contributed by atoms with van der Waals surface area (Å²) in [5.74, 6) is 0. The van der Waals surface area contributed by atoms with Gasteiger partial charge in [-0.05, 0) is 53.7 Å². The molecule has 0 atom stereocenters. The summed E-state index contributed by atoms with van der Waals surface area (Å²) >= 11 is 0. The number of carbonyl (C=O) groups is 2. The van der Waals surface area contributed by atoms with E-state index in [1.165, 1.54) is 0 Å². The van der Waals surface area contributed by atoms with Crippen LogP contribution in [0, 0.1) is 0 Å². The fraction of sp³-hybridized carbons (Fsp3) is 0.556. The fourth-order valence-electron chi connectivity index (χ4n) is 2.37. The summed E-state index contributed by atoms with van der Waals surface area (Å²) in [6.07, 6.45) is -0.836. The van der Waals surface area contributed by atoms with Gasteiger partial charge < -0.3 is 9.47 Å². The van der Waals surface area contributed by atoms with E-state index in [0.29, 0.717) is 24.5 Å². The van der Waals surface area contributed by atoms with Crippen LogP contribution in [0.15, 0.2) is 24.3 Å². The van der Waals surface area contributed by atoms with E-state index in [0.717, 1.165) is 0 Å². The summed E-state index contributed by atoms with van der Waals surface area (Å²) < 4.78 is 10.9. The largest absolute Gasteiger partial charge is 0.443 e. The molecule has 0 aliphatic carbocycles. The zero-order chi connectivity index (χ0) is 18.1. The predicted molar refractivity (Wildman–Crippen MR) is 93.6 cm³/mol. The molecule has 2 rings (SSSR count). The van der Waals surface area contributed by atoms with Crippen molar-refractivity contribution < 1.29 is 19.1 Å². The first-order valence-corrected chi connectivity index (χ1v) is 8.08. The monoisotopic (exact) mass is 334 g/mol. The number of hydrogen-bond acceptors (Lipinski definition) is 4. The molecule has 2 amide bonds. The van der Waals surface area contributed by atoms with Gasteiger partial charge in [-0.15, -0.1) is 0 Å². The minimum absolute atomic E-state index is 0.352. The molecule has 132 valence electrons.